The Kier molecular flexibility index (Phi) is 3.38. The monoisotopic (exact) mass is 263 g/mol. The zero-order valence-corrected chi connectivity index (χ0v) is 11.5. The molecule has 0 N–H and O–H groups in total. The highest BCUT2D eigenvalue weighted by Gasteiger charge is 2.33. The van der Waals surface area contributed by atoms with E-state index in [1.54, 1.807) is 0 Å². The third-order valence-corrected chi connectivity index (χ3v) is 3.42. The summed E-state index contributed by atoms with van der Waals surface area (Å²) in [6.45, 7) is 5.86. The van der Waals surface area contributed by atoms with Crippen molar-refractivity contribution in [2.24, 2.45) is 4.99 Å². The number of hydrogen-bond donors (Lipinski definition) is 0. The van der Waals surface area contributed by atoms with Gasteiger partial charge in [0.2, 0.25) is 5.90 Å². The summed E-state index contributed by atoms with van der Waals surface area (Å²) >= 11 is 0. The van der Waals surface area contributed by atoms with Crippen molar-refractivity contribution >= 4 is 5.90 Å². The van der Waals surface area contributed by atoms with E-state index in [1.165, 1.54) is 0 Å². The third kappa shape index (κ3) is 2.37. The van der Waals surface area contributed by atoms with Gasteiger partial charge in [-0.25, -0.2) is 4.99 Å². The van der Waals surface area contributed by atoms with E-state index in [0.717, 1.165) is 16.7 Å². The molecule has 20 heavy (non-hydrogen) atoms. The zero-order chi connectivity index (χ0) is 13.9. The van der Waals surface area contributed by atoms with Crippen LogP contribution in [0.25, 0.3) is 0 Å². The van der Waals surface area contributed by atoms with Crippen molar-refractivity contribution in [1.29, 1.82) is 0 Å². The molecule has 0 spiro atoms. The van der Waals surface area contributed by atoms with Crippen LogP contribution in [0.5, 0.6) is 0 Å². The van der Waals surface area contributed by atoms with Crippen LogP contribution in [0.1, 0.15) is 30.2 Å². The highest BCUT2D eigenvalue weighted by atomic mass is 16.5. The van der Waals surface area contributed by atoms with Crippen molar-refractivity contribution < 1.29 is 4.74 Å². The lowest BCUT2D eigenvalue weighted by Crippen LogP contribution is -2.08. The van der Waals surface area contributed by atoms with Crippen molar-refractivity contribution in [2.75, 3.05) is 0 Å². The van der Waals surface area contributed by atoms with Crippen LogP contribution in [0.15, 0.2) is 77.8 Å². The van der Waals surface area contributed by atoms with Crippen LogP contribution in [0, 0.1) is 0 Å². The number of aliphatic imine (C=N–C) groups is 1. The molecule has 3 rings (SSSR count). The van der Waals surface area contributed by atoms with E-state index in [-0.39, 0.29) is 12.1 Å². The first-order valence-electron chi connectivity index (χ1n) is 6.76. The summed E-state index contributed by atoms with van der Waals surface area (Å²) in [5.41, 5.74) is 3.17. The first kappa shape index (κ1) is 12.7. The summed E-state index contributed by atoms with van der Waals surface area (Å²) in [5, 5.41) is 0. The van der Waals surface area contributed by atoms with Crippen LogP contribution in [-0.2, 0) is 4.74 Å². The molecule has 2 heteroatoms. The van der Waals surface area contributed by atoms with Gasteiger partial charge in [-0.1, -0.05) is 67.2 Å². The quantitative estimate of drug-likeness (QED) is 0.800. The maximum Gasteiger partial charge on any atom is 0.212 e. The molecule has 0 bridgehead atoms. The lowest BCUT2D eigenvalue weighted by Gasteiger charge is -2.18. The Bertz CT molecular complexity index is 631. The highest BCUT2D eigenvalue weighted by Crippen LogP contribution is 2.40. The van der Waals surface area contributed by atoms with Gasteiger partial charge >= 0.3 is 0 Å². The van der Waals surface area contributed by atoms with Gasteiger partial charge in [0.15, 0.2) is 6.10 Å². The Morgan fingerprint density at radius 1 is 0.950 bits per heavy atom. The van der Waals surface area contributed by atoms with Gasteiger partial charge in [0.1, 0.15) is 6.04 Å². The second kappa shape index (κ2) is 5.33. The molecule has 1 heterocycles. The minimum absolute atomic E-state index is 0.00898. The van der Waals surface area contributed by atoms with Gasteiger partial charge in [0, 0.05) is 5.57 Å². The standard InChI is InChI=1S/C18H17NO/c1-13(2)18-19-16(14-9-5-3-6-10-14)17(20-18)15-11-7-4-8-12-15/h3-12,16-17H,1H2,2H3/t16-,17-/m0/s1. The second-order valence-electron chi connectivity index (χ2n) is 5.02. The highest BCUT2D eigenvalue weighted by molar-refractivity contribution is 5.93. The number of ether oxygens (including phenoxy) is 1. The fourth-order valence-corrected chi connectivity index (χ4v) is 2.41. The van der Waals surface area contributed by atoms with E-state index in [9.17, 15) is 0 Å². The van der Waals surface area contributed by atoms with Crippen LogP contribution < -0.4 is 0 Å². The Morgan fingerprint density at radius 3 is 2.05 bits per heavy atom. The van der Waals surface area contributed by atoms with E-state index in [1.807, 2.05) is 43.3 Å². The third-order valence-electron chi connectivity index (χ3n) is 3.42. The summed E-state index contributed by atoms with van der Waals surface area (Å²) in [6, 6.07) is 20.5. The van der Waals surface area contributed by atoms with Crippen LogP contribution in [0.2, 0.25) is 0 Å². The Hall–Kier alpha value is -2.35. The lowest BCUT2D eigenvalue weighted by atomic mass is 9.97. The van der Waals surface area contributed by atoms with E-state index in [2.05, 4.69) is 30.8 Å². The number of hydrogen-bond acceptors (Lipinski definition) is 2. The molecular formula is C18H17NO. The molecule has 0 fully saturated rings. The smallest absolute Gasteiger partial charge is 0.212 e. The predicted molar refractivity (Wildman–Crippen MR) is 81.7 cm³/mol. The van der Waals surface area contributed by atoms with Gasteiger partial charge in [-0.15, -0.1) is 0 Å². The SMILES string of the molecule is C=C(C)C1=N[C@@H](c2ccccc2)[C@H](c2ccccc2)O1. The number of nitrogens with zero attached hydrogens (tertiary/aromatic N) is 1. The summed E-state index contributed by atoms with van der Waals surface area (Å²) in [5.74, 6) is 0.660. The van der Waals surface area contributed by atoms with E-state index >= 15 is 0 Å². The van der Waals surface area contributed by atoms with Crippen LogP contribution in [-0.4, -0.2) is 5.90 Å². The van der Waals surface area contributed by atoms with Gasteiger partial charge in [-0.2, -0.15) is 0 Å². The molecule has 0 saturated carbocycles. The molecule has 2 aromatic rings. The molecule has 2 aromatic carbocycles. The van der Waals surface area contributed by atoms with Crippen LogP contribution in [0.4, 0.5) is 0 Å². The number of rotatable bonds is 3. The van der Waals surface area contributed by atoms with Gasteiger partial charge in [0.25, 0.3) is 0 Å². The van der Waals surface area contributed by atoms with Crippen molar-refractivity contribution in [2.45, 2.75) is 19.1 Å². The lowest BCUT2D eigenvalue weighted by molar-refractivity contribution is 0.196. The van der Waals surface area contributed by atoms with Gasteiger partial charge in [-0.05, 0) is 18.1 Å². The van der Waals surface area contributed by atoms with Crippen LogP contribution in [0.3, 0.4) is 0 Å². The molecule has 0 unspecified atom stereocenters. The molecule has 0 aromatic heterocycles. The molecule has 0 amide bonds. The van der Waals surface area contributed by atoms with E-state index in [0.29, 0.717) is 5.90 Å². The normalized spacial score (nSPS) is 21.1. The largest absolute Gasteiger partial charge is 0.467 e. The van der Waals surface area contributed by atoms with Crippen molar-refractivity contribution in [3.05, 3.63) is 83.9 Å². The molecular weight excluding hydrogens is 246 g/mol. The Morgan fingerprint density at radius 2 is 1.50 bits per heavy atom. The summed E-state index contributed by atoms with van der Waals surface area (Å²) in [4.78, 5) is 4.71. The van der Waals surface area contributed by atoms with E-state index < -0.39 is 0 Å². The maximum atomic E-state index is 6.03. The van der Waals surface area contributed by atoms with Crippen molar-refractivity contribution in [3.63, 3.8) is 0 Å². The number of benzene rings is 2. The topological polar surface area (TPSA) is 21.6 Å². The van der Waals surface area contributed by atoms with Crippen molar-refractivity contribution in [3.8, 4) is 0 Å². The molecule has 1 aliphatic heterocycles. The van der Waals surface area contributed by atoms with Gasteiger partial charge in [0.05, 0.1) is 0 Å². The first-order chi connectivity index (χ1) is 9.75. The zero-order valence-electron chi connectivity index (χ0n) is 11.5. The minimum Gasteiger partial charge on any atom is -0.467 e. The summed E-state index contributed by atoms with van der Waals surface area (Å²) in [7, 11) is 0. The summed E-state index contributed by atoms with van der Waals surface area (Å²) < 4.78 is 6.03. The predicted octanol–water partition coefficient (Wildman–Crippen LogP) is 4.47. The van der Waals surface area contributed by atoms with Gasteiger partial charge in [-0.3, -0.25) is 0 Å². The van der Waals surface area contributed by atoms with Crippen molar-refractivity contribution in [1.82, 2.24) is 0 Å². The molecule has 0 saturated heterocycles. The fraction of sp³-hybridized carbons (Fsp3) is 0.167. The van der Waals surface area contributed by atoms with E-state index in [4.69, 9.17) is 9.73 Å². The Labute approximate surface area is 119 Å². The van der Waals surface area contributed by atoms with Gasteiger partial charge < -0.3 is 4.74 Å². The average Bonchev–Trinajstić information content (AvgIpc) is 2.94. The average molecular weight is 263 g/mol. The molecule has 100 valence electrons. The van der Waals surface area contributed by atoms with Crippen LogP contribution >= 0.6 is 0 Å². The molecule has 2 atom stereocenters. The summed E-state index contributed by atoms with van der Waals surface area (Å²) in [6.07, 6.45) is -0.0784. The molecule has 1 aliphatic rings. The Balaban J connectivity index is 2.00. The first-order valence-corrected chi connectivity index (χ1v) is 6.76. The molecule has 0 radical (unpaired) electrons. The molecule has 0 aliphatic carbocycles. The maximum absolute atomic E-state index is 6.03. The minimum atomic E-state index is -0.0784. The fourth-order valence-electron chi connectivity index (χ4n) is 2.41. The molecule has 2 nitrogen and oxygen atoms in total. The second-order valence-corrected chi connectivity index (χ2v) is 5.02.